The van der Waals surface area contributed by atoms with Gasteiger partial charge in [-0.3, -0.25) is 0 Å². The van der Waals surface area contributed by atoms with Gasteiger partial charge in [0, 0.05) is 4.91 Å². The quantitative estimate of drug-likeness (QED) is 0.649. The third-order valence-electron chi connectivity index (χ3n) is 3.70. The van der Waals surface area contributed by atoms with E-state index in [1.807, 2.05) is 11.8 Å². The first-order valence-electron chi connectivity index (χ1n) is 6.51. The van der Waals surface area contributed by atoms with Crippen LogP contribution in [0.1, 0.15) is 38.2 Å². The monoisotopic (exact) mass is 242 g/mol. The average molecular weight is 242 g/mol. The standard InChI is InChI=1S/C16H18S/c1-12-11-16(13-7-3-2-4-8-13)17-15-10-6-5-9-14(12)15/h2-4,7-8,11-12H,5-6,9-10H2,1H3. The van der Waals surface area contributed by atoms with Crippen molar-refractivity contribution in [3.8, 4) is 0 Å². The molecular formula is C16H18S. The van der Waals surface area contributed by atoms with Crippen LogP contribution in [0.4, 0.5) is 0 Å². The maximum atomic E-state index is 2.45. The van der Waals surface area contributed by atoms with E-state index in [0.717, 1.165) is 0 Å². The van der Waals surface area contributed by atoms with Gasteiger partial charge in [0.05, 0.1) is 0 Å². The molecule has 1 unspecified atom stereocenters. The van der Waals surface area contributed by atoms with Gasteiger partial charge >= 0.3 is 0 Å². The van der Waals surface area contributed by atoms with Crippen LogP contribution in [0, 0.1) is 5.92 Å². The van der Waals surface area contributed by atoms with E-state index in [1.54, 1.807) is 10.5 Å². The summed E-state index contributed by atoms with van der Waals surface area (Å²) in [5, 5.41) is 0. The predicted octanol–water partition coefficient (Wildman–Crippen LogP) is 5.24. The van der Waals surface area contributed by atoms with Crippen LogP contribution >= 0.6 is 11.8 Å². The Labute approximate surface area is 108 Å². The SMILES string of the molecule is CC1C=C(c2ccccc2)SC2=C1CCCC2. The number of hydrogen-bond acceptors (Lipinski definition) is 1. The Morgan fingerprint density at radius 2 is 1.82 bits per heavy atom. The molecule has 17 heavy (non-hydrogen) atoms. The van der Waals surface area contributed by atoms with Gasteiger partial charge in [-0.2, -0.15) is 0 Å². The van der Waals surface area contributed by atoms with Crippen LogP contribution in [0.15, 0.2) is 46.9 Å². The average Bonchev–Trinajstić information content (AvgIpc) is 2.40. The Morgan fingerprint density at radius 1 is 1.06 bits per heavy atom. The van der Waals surface area contributed by atoms with Crippen LogP contribution in [0.2, 0.25) is 0 Å². The minimum atomic E-state index is 0.641. The zero-order valence-electron chi connectivity index (χ0n) is 10.3. The first-order chi connectivity index (χ1) is 8.34. The highest BCUT2D eigenvalue weighted by Crippen LogP contribution is 2.47. The third kappa shape index (κ3) is 2.21. The van der Waals surface area contributed by atoms with Gasteiger partial charge in [0.1, 0.15) is 0 Å². The van der Waals surface area contributed by atoms with E-state index < -0.39 is 0 Å². The molecule has 1 aromatic rings. The highest BCUT2D eigenvalue weighted by atomic mass is 32.2. The van der Waals surface area contributed by atoms with Crippen LogP contribution in [-0.2, 0) is 0 Å². The van der Waals surface area contributed by atoms with Gasteiger partial charge in [-0.25, -0.2) is 0 Å². The fraction of sp³-hybridized carbons (Fsp3) is 0.375. The zero-order valence-corrected chi connectivity index (χ0v) is 11.1. The zero-order chi connectivity index (χ0) is 11.7. The van der Waals surface area contributed by atoms with E-state index in [4.69, 9.17) is 0 Å². The maximum absolute atomic E-state index is 2.45. The maximum Gasteiger partial charge on any atom is 0.0157 e. The molecule has 0 spiro atoms. The van der Waals surface area contributed by atoms with Crippen molar-refractivity contribution in [2.75, 3.05) is 0 Å². The Hall–Kier alpha value is -0.950. The van der Waals surface area contributed by atoms with Gasteiger partial charge < -0.3 is 0 Å². The Bertz CT molecular complexity index is 468. The molecule has 2 aliphatic rings. The number of allylic oxidation sites excluding steroid dienone is 3. The molecule has 0 bridgehead atoms. The van der Waals surface area contributed by atoms with Gasteiger partial charge in [0.25, 0.3) is 0 Å². The third-order valence-corrected chi connectivity index (χ3v) is 5.01. The van der Waals surface area contributed by atoms with E-state index in [-0.39, 0.29) is 0 Å². The molecular weight excluding hydrogens is 224 g/mol. The van der Waals surface area contributed by atoms with Crippen LogP contribution in [-0.4, -0.2) is 0 Å². The number of thioether (sulfide) groups is 1. The molecule has 0 fully saturated rings. The van der Waals surface area contributed by atoms with Crippen molar-refractivity contribution in [3.05, 3.63) is 52.4 Å². The van der Waals surface area contributed by atoms with Gasteiger partial charge in [0.15, 0.2) is 0 Å². The largest absolute Gasteiger partial charge is 0.0943 e. The summed E-state index contributed by atoms with van der Waals surface area (Å²) in [5.41, 5.74) is 3.09. The van der Waals surface area contributed by atoms with E-state index in [9.17, 15) is 0 Å². The highest BCUT2D eigenvalue weighted by Gasteiger charge is 2.23. The van der Waals surface area contributed by atoms with Crippen molar-refractivity contribution in [2.45, 2.75) is 32.6 Å². The fourth-order valence-electron chi connectivity index (χ4n) is 2.75. The second kappa shape index (κ2) is 4.73. The van der Waals surface area contributed by atoms with Gasteiger partial charge in [-0.1, -0.05) is 60.7 Å². The van der Waals surface area contributed by atoms with Crippen LogP contribution in [0.5, 0.6) is 0 Å². The summed E-state index contributed by atoms with van der Waals surface area (Å²) in [6.45, 7) is 2.35. The Kier molecular flexibility index (Phi) is 3.11. The molecule has 0 amide bonds. The molecule has 0 N–H and O–H groups in total. The number of rotatable bonds is 1. The molecule has 0 saturated heterocycles. The van der Waals surface area contributed by atoms with Crippen molar-refractivity contribution in [2.24, 2.45) is 5.92 Å². The van der Waals surface area contributed by atoms with Gasteiger partial charge in [0.2, 0.25) is 0 Å². The summed E-state index contributed by atoms with van der Waals surface area (Å²) < 4.78 is 0. The Morgan fingerprint density at radius 3 is 2.65 bits per heavy atom. The number of hydrogen-bond donors (Lipinski definition) is 0. The number of benzene rings is 1. The first kappa shape index (κ1) is 11.2. The summed E-state index contributed by atoms with van der Waals surface area (Å²) >= 11 is 2.01. The molecule has 88 valence electrons. The van der Waals surface area contributed by atoms with Crippen LogP contribution in [0.25, 0.3) is 4.91 Å². The predicted molar refractivity (Wildman–Crippen MR) is 76.7 cm³/mol. The summed E-state index contributed by atoms with van der Waals surface area (Å²) in [4.78, 5) is 3.11. The summed E-state index contributed by atoms with van der Waals surface area (Å²) in [5.74, 6) is 0.641. The molecule has 1 heteroatoms. The molecule has 1 aliphatic carbocycles. The van der Waals surface area contributed by atoms with E-state index in [2.05, 4.69) is 43.3 Å². The van der Waals surface area contributed by atoms with Gasteiger partial charge in [-0.15, -0.1) is 0 Å². The molecule has 0 nitrogen and oxygen atoms in total. The minimum absolute atomic E-state index is 0.641. The van der Waals surface area contributed by atoms with Crippen molar-refractivity contribution in [3.63, 3.8) is 0 Å². The summed E-state index contributed by atoms with van der Waals surface area (Å²) in [7, 11) is 0. The second-order valence-corrected chi connectivity index (χ2v) is 6.08. The lowest BCUT2D eigenvalue weighted by atomic mass is 9.89. The second-order valence-electron chi connectivity index (χ2n) is 4.94. The lowest BCUT2D eigenvalue weighted by Gasteiger charge is -2.28. The van der Waals surface area contributed by atoms with Gasteiger partial charge in [-0.05, 0) is 42.1 Å². The van der Waals surface area contributed by atoms with E-state index in [1.165, 1.54) is 36.2 Å². The molecule has 0 aromatic heterocycles. The van der Waals surface area contributed by atoms with E-state index in [0.29, 0.717) is 5.92 Å². The molecule has 1 aliphatic heterocycles. The van der Waals surface area contributed by atoms with Crippen molar-refractivity contribution in [1.82, 2.24) is 0 Å². The smallest absolute Gasteiger partial charge is 0.0157 e. The van der Waals surface area contributed by atoms with Crippen molar-refractivity contribution >= 4 is 16.7 Å². The molecule has 0 saturated carbocycles. The Balaban J connectivity index is 1.91. The first-order valence-corrected chi connectivity index (χ1v) is 7.33. The molecule has 1 heterocycles. The molecule has 0 radical (unpaired) electrons. The topological polar surface area (TPSA) is 0 Å². The molecule has 3 rings (SSSR count). The van der Waals surface area contributed by atoms with Crippen LogP contribution < -0.4 is 0 Å². The lowest BCUT2D eigenvalue weighted by molar-refractivity contribution is 0.640. The molecule has 1 atom stereocenters. The lowest BCUT2D eigenvalue weighted by Crippen LogP contribution is -2.08. The van der Waals surface area contributed by atoms with Crippen molar-refractivity contribution < 1.29 is 0 Å². The summed E-state index contributed by atoms with van der Waals surface area (Å²) in [6.07, 6.45) is 7.83. The van der Waals surface area contributed by atoms with Crippen molar-refractivity contribution in [1.29, 1.82) is 0 Å². The highest BCUT2D eigenvalue weighted by molar-refractivity contribution is 8.11. The minimum Gasteiger partial charge on any atom is -0.0943 e. The van der Waals surface area contributed by atoms with E-state index >= 15 is 0 Å². The molecule has 1 aromatic carbocycles. The fourth-order valence-corrected chi connectivity index (χ4v) is 4.21. The summed E-state index contributed by atoms with van der Waals surface area (Å²) in [6, 6.07) is 10.8. The normalized spacial score (nSPS) is 24.3. The van der Waals surface area contributed by atoms with Crippen LogP contribution in [0.3, 0.4) is 0 Å².